The number of nitrogens with one attached hydrogen (secondary N) is 1. The molecule has 0 aromatic heterocycles. The van der Waals surface area contributed by atoms with E-state index in [2.05, 4.69) is 29.6 Å². The third kappa shape index (κ3) is 5.10. The Morgan fingerprint density at radius 2 is 1.95 bits per heavy atom. The molecule has 3 heteroatoms. The number of ether oxygens (including phenoxy) is 2. The van der Waals surface area contributed by atoms with Gasteiger partial charge in [-0.15, -0.1) is 0 Å². The van der Waals surface area contributed by atoms with Crippen molar-refractivity contribution in [2.75, 3.05) is 19.8 Å². The highest BCUT2D eigenvalue weighted by atomic mass is 16.5. The lowest BCUT2D eigenvalue weighted by atomic mass is 10.1. The zero-order valence-corrected chi connectivity index (χ0v) is 12.9. The Bertz CT molecular complexity index is 425. The molecule has 3 nitrogen and oxygen atoms in total. The number of hydrogen-bond acceptors (Lipinski definition) is 3. The zero-order chi connectivity index (χ0) is 14.3. The predicted octanol–water partition coefficient (Wildman–Crippen LogP) is 3.07. The van der Waals surface area contributed by atoms with Crippen molar-refractivity contribution in [1.82, 2.24) is 5.32 Å². The van der Waals surface area contributed by atoms with E-state index in [1.165, 1.54) is 36.8 Å². The van der Waals surface area contributed by atoms with Gasteiger partial charge in [0.05, 0.1) is 19.3 Å². The molecule has 0 amide bonds. The first-order valence-electron chi connectivity index (χ1n) is 8.41. The van der Waals surface area contributed by atoms with Gasteiger partial charge in [-0.25, -0.2) is 0 Å². The summed E-state index contributed by atoms with van der Waals surface area (Å²) >= 11 is 0. The lowest BCUT2D eigenvalue weighted by Gasteiger charge is -2.22. The van der Waals surface area contributed by atoms with Crippen LogP contribution in [-0.2, 0) is 22.5 Å². The van der Waals surface area contributed by atoms with Crippen molar-refractivity contribution >= 4 is 0 Å². The van der Waals surface area contributed by atoms with Gasteiger partial charge in [-0.2, -0.15) is 0 Å². The van der Waals surface area contributed by atoms with Crippen LogP contribution in [0.15, 0.2) is 24.3 Å². The van der Waals surface area contributed by atoms with Gasteiger partial charge in [-0.05, 0) is 56.2 Å². The van der Waals surface area contributed by atoms with Crippen LogP contribution in [0.25, 0.3) is 0 Å². The van der Waals surface area contributed by atoms with Gasteiger partial charge >= 0.3 is 0 Å². The number of benzene rings is 1. The van der Waals surface area contributed by atoms with Crippen molar-refractivity contribution in [1.29, 1.82) is 0 Å². The van der Waals surface area contributed by atoms with Crippen LogP contribution in [0.1, 0.15) is 43.2 Å². The smallest absolute Gasteiger partial charge is 0.0808 e. The molecular formula is C18H27NO2. The standard InChI is InChI=1S/C18H27NO2/c1-2-6-16(13-20-14-18-7-3-4-12-21-18)15(5-1)10-11-19-17-8-9-17/h1-2,5-6,17-19H,3-4,7-14H2. The maximum atomic E-state index is 5.89. The molecule has 1 aromatic rings. The second-order valence-electron chi connectivity index (χ2n) is 6.25. The highest BCUT2D eigenvalue weighted by Crippen LogP contribution is 2.19. The Morgan fingerprint density at radius 3 is 2.71 bits per heavy atom. The summed E-state index contributed by atoms with van der Waals surface area (Å²) in [6.45, 7) is 3.42. The van der Waals surface area contributed by atoms with Gasteiger partial charge in [0, 0.05) is 12.6 Å². The molecule has 1 aliphatic heterocycles. The quantitative estimate of drug-likeness (QED) is 0.798. The third-order valence-electron chi connectivity index (χ3n) is 4.36. The van der Waals surface area contributed by atoms with Gasteiger partial charge in [-0.3, -0.25) is 0 Å². The monoisotopic (exact) mass is 289 g/mol. The summed E-state index contributed by atoms with van der Waals surface area (Å²) in [5.74, 6) is 0. The molecule has 0 bridgehead atoms. The van der Waals surface area contributed by atoms with Crippen LogP contribution in [0.3, 0.4) is 0 Å². The molecule has 1 heterocycles. The summed E-state index contributed by atoms with van der Waals surface area (Å²) in [5, 5.41) is 3.58. The van der Waals surface area contributed by atoms with E-state index < -0.39 is 0 Å². The Morgan fingerprint density at radius 1 is 1.10 bits per heavy atom. The maximum Gasteiger partial charge on any atom is 0.0808 e. The van der Waals surface area contributed by atoms with Crippen LogP contribution in [0.5, 0.6) is 0 Å². The number of hydrogen-bond donors (Lipinski definition) is 1. The second kappa shape index (κ2) is 7.92. The molecule has 1 aromatic carbocycles. The van der Waals surface area contributed by atoms with Crippen LogP contribution in [-0.4, -0.2) is 31.9 Å². The normalized spacial score (nSPS) is 22.4. The minimum atomic E-state index is 0.308. The molecule has 3 rings (SSSR count). The predicted molar refractivity (Wildman–Crippen MR) is 84.4 cm³/mol. The topological polar surface area (TPSA) is 30.5 Å². The van der Waals surface area contributed by atoms with E-state index in [4.69, 9.17) is 9.47 Å². The van der Waals surface area contributed by atoms with Crippen LogP contribution in [0.4, 0.5) is 0 Å². The summed E-state index contributed by atoms with van der Waals surface area (Å²) < 4.78 is 11.6. The van der Waals surface area contributed by atoms with Gasteiger partial charge in [0.2, 0.25) is 0 Å². The van der Waals surface area contributed by atoms with Gasteiger partial charge in [0.15, 0.2) is 0 Å². The molecule has 116 valence electrons. The first-order chi connectivity index (χ1) is 10.4. The van der Waals surface area contributed by atoms with Crippen molar-refractivity contribution in [2.24, 2.45) is 0 Å². The molecule has 1 saturated carbocycles. The Kier molecular flexibility index (Phi) is 5.67. The average Bonchev–Trinajstić information content (AvgIpc) is 3.34. The molecule has 1 atom stereocenters. The minimum absolute atomic E-state index is 0.308. The lowest BCUT2D eigenvalue weighted by Crippen LogP contribution is -2.24. The van der Waals surface area contributed by atoms with Crippen molar-refractivity contribution in [2.45, 2.75) is 57.3 Å². The Balaban J connectivity index is 1.42. The molecule has 1 saturated heterocycles. The van der Waals surface area contributed by atoms with Gasteiger partial charge in [0.1, 0.15) is 0 Å². The van der Waals surface area contributed by atoms with E-state index in [9.17, 15) is 0 Å². The Labute approximate surface area is 128 Å². The van der Waals surface area contributed by atoms with Crippen LogP contribution < -0.4 is 5.32 Å². The van der Waals surface area contributed by atoms with Crippen molar-refractivity contribution < 1.29 is 9.47 Å². The zero-order valence-electron chi connectivity index (χ0n) is 12.9. The summed E-state index contributed by atoms with van der Waals surface area (Å²) in [4.78, 5) is 0. The molecule has 0 radical (unpaired) electrons. The summed E-state index contributed by atoms with van der Waals surface area (Å²) in [5.41, 5.74) is 2.74. The molecular weight excluding hydrogens is 262 g/mol. The first-order valence-corrected chi connectivity index (χ1v) is 8.41. The van der Waals surface area contributed by atoms with Gasteiger partial charge < -0.3 is 14.8 Å². The lowest BCUT2D eigenvalue weighted by molar-refractivity contribution is -0.0448. The van der Waals surface area contributed by atoms with Crippen LogP contribution in [0, 0.1) is 0 Å². The van der Waals surface area contributed by atoms with Crippen LogP contribution in [0.2, 0.25) is 0 Å². The molecule has 2 fully saturated rings. The first kappa shape index (κ1) is 15.0. The van der Waals surface area contributed by atoms with Crippen molar-refractivity contribution in [3.8, 4) is 0 Å². The number of rotatable bonds is 8. The van der Waals surface area contributed by atoms with E-state index in [0.29, 0.717) is 12.7 Å². The summed E-state index contributed by atoms with van der Waals surface area (Å²) in [6, 6.07) is 9.43. The van der Waals surface area contributed by atoms with E-state index in [1.807, 2.05) is 0 Å². The minimum Gasteiger partial charge on any atom is -0.376 e. The van der Waals surface area contributed by atoms with Crippen molar-refractivity contribution in [3.63, 3.8) is 0 Å². The highest BCUT2D eigenvalue weighted by Gasteiger charge is 2.19. The molecule has 1 unspecified atom stereocenters. The van der Waals surface area contributed by atoms with Crippen LogP contribution >= 0.6 is 0 Å². The molecule has 1 N–H and O–H groups in total. The van der Waals surface area contributed by atoms with Gasteiger partial charge in [0.25, 0.3) is 0 Å². The van der Waals surface area contributed by atoms with Crippen molar-refractivity contribution in [3.05, 3.63) is 35.4 Å². The average molecular weight is 289 g/mol. The molecule has 2 aliphatic rings. The largest absolute Gasteiger partial charge is 0.376 e. The van der Waals surface area contributed by atoms with E-state index in [-0.39, 0.29) is 0 Å². The molecule has 0 spiro atoms. The Hall–Kier alpha value is -0.900. The second-order valence-corrected chi connectivity index (χ2v) is 6.25. The SMILES string of the molecule is c1ccc(COCC2CCCCO2)c(CCNC2CC2)c1. The summed E-state index contributed by atoms with van der Waals surface area (Å²) in [6.07, 6.45) is 7.73. The fourth-order valence-electron chi connectivity index (χ4n) is 2.88. The van der Waals surface area contributed by atoms with E-state index in [1.54, 1.807) is 0 Å². The fraction of sp³-hybridized carbons (Fsp3) is 0.667. The van der Waals surface area contributed by atoms with E-state index >= 15 is 0 Å². The maximum absolute atomic E-state index is 5.89. The molecule has 1 aliphatic carbocycles. The highest BCUT2D eigenvalue weighted by molar-refractivity contribution is 5.26. The third-order valence-corrected chi connectivity index (χ3v) is 4.36. The summed E-state index contributed by atoms with van der Waals surface area (Å²) in [7, 11) is 0. The fourth-order valence-corrected chi connectivity index (χ4v) is 2.88. The van der Waals surface area contributed by atoms with E-state index in [0.717, 1.165) is 38.6 Å². The molecule has 21 heavy (non-hydrogen) atoms. The van der Waals surface area contributed by atoms with Gasteiger partial charge in [-0.1, -0.05) is 24.3 Å².